The Morgan fingerprint density at radius 3 is 2.50 bits per heavy atom. The predicted octanol–water partition coefficient (Wildman–Crippen LogP) is 2.60. The molecule has 0 saturated heterocycles. The lowest BCUT2D eigenvalue weighted by atomic mass is 11.0. The van der Waals surface area contributed by atoms with Crippen LogP contribution in [0.3, 0.4) is 0 Å². The van der Waals surface area contributed by atoms with E-state index in [1.807, 2.05) is 5.41 Å². The van der Waals surface area contributed by atoms with Crippen LogP contribution in [0, 0.1) is 0 Å². The molecule has 0 aliphatic rings. The Bertz CT molecular complexity index is 42.8. The minimum absolute atomic E-state index is 0.509. The van der Waals surface area contributed by atoms with Gasteiger partial charge in [0.2, 0.25) is 0 Å². The molecule has 0 nitrogen and oxygen atoms in total. The average Bonchev–Trinajstić information content (AvgIpc) is 1.35. The van der Waals surface area contributed by atoms with Crippen molar-refractivity contribution in [1.29, 1.82) is 0 Å². The molecular weight excluding hydrogens is 160 g/mol. The monoisotopic (exact) mass is 166 g/mol. The Balaban J connectivity index is 2.81. The first-order chi connectivity index (χ1) is 2.77. The normalized spacial score (nSPS) is 13.7. The van der Waals surface area contributed by atoms with Gasteiger partial charge in [0.1, 0.15) is 0 Å². The summed E-state index contributed by atoms with van der Waals surface area (Å²) >= 11 is 4.99. The molecule has 0 bridgehead atoms. The van der Waals surface area contributed by atoms with Crippen molar-refractivity contribution in [2.75, 3.05) is 0 Å². The van der Waals surface area contributed by atoms with Gasteiger partial charge in [0, 0.05) is 0 Å². The number of halogens is 1. The topological polar surface area (TPSA) is 0 Å². The molecule has 0 amide bonds. The lowest BCUT2D eigenvalue weighted by Crippen LogP contribution is -1.71. The van der Waals surface area contributed by atoms with E-state index in [0.717, 1.165) is 0 Å². The molecule has 2 heteroatoms. The first-order valence-corrected chi connectivity index (χ1v) is 3.53. The van der Waals surface area contributed by atoms with Crippen LogP contribution in [0.4, 0.5) is 0 Å². The van der Waals surface area contributed by atoms with E-state index in [0.29, 0.717) is 4.16 Å². The van der Waals surface area contributed by atoms with E-state index in [2.05, 4.69) is 29.4 Å². The van der Waals surface area contributed by atoms with Crippen molar-refractivity contribution < 1.29 is 0 Å². The quantitative estimate of drug-likeness (QED) is 0.569. The Hall–Kier alpha value is 0.570. The van der Waals surface area contributed by atoms with Crippen molar-refractivity contribution in [3.8, 4) is 0 Å². The molecule has 0 aliphatic heterocycles. The minimum Gasteiger partial charge on any atom is -0.120 e. The van der Waals surface area contributed by atoms with Crippen molar-refractivity contribution in [2.45, 2.75) is 11.1 Å². The van der Waals surface area contributed by atoms with Crippen molar-refractivity contribution in [2.24, 2.45) is 0 Å². The van der Waals surface area contributed by atoms with Crippen LogP contribution in [0.2, 0.25) is 0 Å². The van der Waals surface area contributed by atoms with E-state index in [1.54, 1.807) is 11.8 Å². The van der Waals surface area contributed by atoms with Crippen LogP contribution in [-0.2, 0) is 0 Å². The molecule has 0 aromatic rings. The van der Waals surface area contributed by atoms with Crippen molar-refractivity contribution in [3.63, 3.8) is 0 Å². The third-order valence-electron chi connectivity index (χ3n) is 0.284. The molecule has 0 aromatic carbocycles. The highest BCUT2D eigenvalue weighted by Gasteiger charge is 1.85. The van der Waals surface area contributed by atoms with Crippen molar-refractivity contribution >= 4 is 27.7 Å². The van der Waals surface area contributed by atoms with Gasteiger partial charge in [-0.1, -0.05) is 22.5 Å². The third-order valence-corrected chi connectivity index (χ3v) is 1.50. The summed E-state index contributed by atoms with van der Waals surface area (Å²) in [5, 5.41) is 1.82. The molecule has 0 saturated carbocycles. The van der Waals surface area contributed by atoms with Crippen molar-refractivity contribution in [3.05, 3.63) is 12.0 Å². The Labute approximate surface area is 51.1 Å². The molecule has 0 spiro atoms. The number of alkyl halides is 1. The first-order valence-electron chi connectivity index (χ1n) is 1.68. The minimum atomic E-state index is 0.509. The van der Waals surface area contributed by atoms with Gasteiger partial charge >= 0.3 is 0 Å². The van der Waals surface area contributed by atoms with Gasteiger partial charge in [0.15, 0.2) is 0 Å². The van der Waals surface area contributed by atoms with Crippen LogP contribution in [0.5, 0.6) is 0 Å². The average molecular weight is 167 g/mol. The second-order valence-electron chi connectivity index (χ2n) is 0.846. The smallest absolute Gasteiger partial charge is 0.0613 e. The Morgan fingerprint density at radius 1 is 2.00 bits per heavy atom. The summed E-state index contributed by atoms with van der Waals surface area (Å²) in [6, 6.07) is 0. The largest absolute Gasteiger partial charge is 0.120 e. The van der Waals surface area contributed by atoms with Gasteiger partial charge in [0.25, 0.3) is 0 Å². The zero-order valence-corrected chi connectivity index (χ0v) is 6.05. The summed E-state index contributed by atoms with van der Waals surface area (Å²) in [7, 11) is 0. The van der Waals surface area contributed by atoms with Crippen LogP contribution in [0.25, 0.3) is 0 Å². The number of hydrogen-bond donors (Lipinski definition) is 0. The molecule has 6 heavy (non-hydrogen) atoms. The molecule has 0 fully saturated rings. The molecule has 0 radical (unpaired) electrons. The summed E-state index contributed by atoms with van der Waals surface area (Å²) in [5.41, 5.74) is 0. The highest BCUT2D eigenvalue weighted by atomic mass is 79.9. The van der Waals surface area contributed by atoms with Gasteiger partial charge in [0.05, 0.1) is 4.16 Å². The van der Waals surface area contributed by atoms with Crippen LogP contribution in [0.15, 0.2) is 12.0 Å². The van der Waals surface area contributed by atoms with E-state index < -0.39 is 0 Å². The van der Waals surface area contributed by atoms with Gasteiger partial charge < -0.3 is 0 Å². The molecule has 1 atom stereocenters. The molecule has 0 aromatic heterocycles. The zero-order chi connectivity index (χ0) is 4.99. The Morgan fingerprint density at radius 2 is 2.50 bits per heavy atom. The van der Waals surface area contributed by atoms with Gasteiger partial charge in [-0.05, 0) is 12.3 Å². The first kappa shape index (κ1) is 6.57. The van der Waals surface area contributed by atoms with Crippen LogP contribution >= 0.6 is 27.7 Å². The van der Waals surface area contributed by atoms with E-state index >= 15 is 0 Å². The third kappa shape index (κ3) is 4.57. The fourth-order valence-corrected chi connectivity index (χ4v) is 0.856. The molecule has 0 aliphatic carbocycles. The van der Waals surface area contributed by atoms with Crippen molar-refractivity contribution in [1.82, 2.24) is 0 Å². The summed E-state index contributed by atoms with van der Waals surface area (Å²) in [6.45, 7) is 5.60. The Kier molecular flexibility index (Phi) is 4.11. The maximum absolute atomic E-state index is 3.53. The number of thioether (sulfide) groups is 1. The standard InChI is InChI=1S/C4H7BrS/c1-3-6-4(2)5/h3-4H,1H2,2H3. The van der Waals surface area contributed by atoms with Gasteiger partial charge in [-0.2, -0.15) is 0 Å². The van der Waals surface area contributed by atoms with Crippen LogP contribution in [0.1, 0.15) is 6.92 Å². The van der Waals surface area contributed by atoms with E-state index in [4.69, 9.17) is 0 Å². The second-order valence-corrected chi connectivity index (χ2v) is 4.14. The lowest BCUT2D eigenvalue weighted by Gasteiger charge is -1.90. The zero-order valence-electron chi connectivity index (χ0n) is 3.65. The summed E-state index contributed by atoms with van der Waals surface area (Å²) in [4.78, 5) is 0. The summed E-state index contributed by atoms with van der Waals surface area (Å²) < 4.78 is 0.509. The molecule has 36 valence electrons. The predicted molar refractivity (Wildman–Crippen MR) is 36.2 cm³/mol. The SMILES string of the molecule is C=CSC(C)Br. The molecule has 1 unspecified atom stereocenters. The van der Waals surface area contributed by atoms with Gasteiger partial charge in [-0.3, -0.25) is 0 Å². The van der Waals surface area contributed by atoms with Crippen LogP contribution < -0.4 is 0 Å². The maximum atomic E-state index is 3.53. The van der Waals surface area contributed by atoms with Crippen LogP contribution in [-0.4, -0.2) is 4.16 Å². The molecular formula is C4H7BrS. The van der Waals surface area contributed by atoms with E-state index in [9.17, 15) is 0 Å². The summed E-state index contributed by atoms with van der Waals surface area (Å²) in [6.07, 6.45) is 0. The highest BCUT2D eigenvalue weighted by molar-refractivity contribution is 9.11. The number of rotatable bonds is 2. The molecule has 0 heterocycles. The van der Waals surface area contributed by atoms with E-state index in [-0.39, 0.29) is 0 Å². The second kappa shape index (κ2) is 3.75. The number of hydrogen-bond acceptors (Lipinski definition) is 1. The highest BCUT2D eigenvalue weighted by Crippen LogP contribution is 2.15. The summed E-state index contributed by atoms with van der Waals surface area (Å²) in [5.74, 6) is 0. The molecule has 0 rings (SSSR count). The maximum Gasteiger partial charge on any atom is 0.0613 e. The van der Waals surface area contributed by atoms with E-state index in [1.165, 1.54) is 0 Å². The van der Waals surface area contributed by atoms with Gasteiger partial charge in [-0.15, -0.1) is 11.8 Å². The lowest BCUT2D eigenvalue weighted by molar-refractivity contribution is 1.46. The fraction of sp³-hybridized carbons (Fsp3) is 0.500. The van der Waals surface area contributed by atoms with Gasteiger partial charge in [-0.25, -0.2) is 0 Å². The fourth-order valence-electron chi connectivity index (χ4n) is 0.133. The molecule has 0 N–H and O–H groups in total.